The van der Waals surface area contributed by atoms with Crippen LogP contribution in [0.4, 0.5) is 5.88 Å². The van der Waals surface area contributed by atoms with Crippen molar-refractivity contribution in [1.29, 1.82) is 0 Å². The van der Waals surface area contributed by atoms with Gasteiger partial charge in [-0.05, 0) is 51.4 Å². The summed E-state index contributed by atoms with van der Waals surface area (Å²) in [5.41, 5.74) is 3.18. The van der Waals surface area contributed by atoms with Gasteiger partial charge in [-0.25, -0.2) is 0 Å². The number of anilines is 1. The first-order chi connectivity index (χ1) is 10.2. The van der Waals surface area contributed by atoms with Crippen molar-refractivity contribution < 1.29 is 4.52 Å². The fourth-order valence-corrected chi connectivity index (χ4v) is 2.94. The molecule has 0 spiro atoms. The van der Waals surface area contributed by atoms with Crippen molar-refractivity contribution in [2.75, 3.05) is 32.0 Å². The SMILES string of the molecule is Cc1noc(NCC2CCN(C)CC2)c1-c1ccccc1. The minimum Gasteiger partial charge on any atom is -0.353 e. The molecule has 2 aromatic rings. The number of hydrogen-bond acceptors (Lipinski definition) is 4. The molecule has 1 aromatic heterocycles. The van der Waals surface area contributed by atoms with Gasteiger partial charge < -0.3 is 14.7 Å². The lowest BCUT2D eigenvalue weighted by molar-refractivity contribution is 0.225. The average molecular weight is 285 g/mol. The maximum atomic E-state index is 5.49. The second-order valence-corrected chi connectivity index (χ2v) is 5.97. The summed E-state index contributed by atoms with van der Waals surface area (Å²) in [7, 11) is 2.19. The maximum absolute atomic E-state index is 5.49. The van der Waals surface area contributed by atoms with Crippen LogP contribution < -0.4 is 5.32 Å². The first-order valence-electron chi connectivity index (χ1n) is 7.68. The van der Waals surface area contributed by atoms with E-state index in [1.807, 2.05) is 25.1 Å². The number of nitrogens with zero attached hydrogens (tertiary/aromatic N) is 2. The topological polar surface area (TPSA) is 41.3 Å². The Hall–Kier alpha value is -1.81. The van der Waals surface area contributed by atoms with Crippen LogP contribution in [-0.4, -0.2) is 36.7 Å². The van der Waals surface area contributed by atoms with Crippen LogP contribution in [0.2, 0.25) is 0 Å². The Balaban J connectivity index is 1.69. The molecule has 0 atom stereocenters. The molecule has 0 aliphatic carbocycles. The van der Waals surface area contributed by atoms with E-state index in [0.717, 1.165) is 35.2 Å². The molecule has 0 bridgehead atoms. The molecule has 1 fully saturated rings. The lowest BCUT2D eigenvalue weighted by Gasteiger charge is -2.28. The molecule has 0 amide bonds. The van der Waals surface area contributed by atoms with Crippen molar-refractivity contribution >= 4 is 5.88 Å². The molecular weight excluding hydrogens is 262 g/mol. The summed E-state index contributed by atoms with van der Waals surface area (Å²) in [5, 5.41) is 7.59. The molecule has 1 N–H and O–H groups in total. The average Bonchev–Trinajstić information content (AvgIpc) is 2.88. The first-order valence-corrected chi connectivity index (χ1v) is 7.68. The molecule has 4 nitrogen and oxygen atoms in total. The monoisotopic (exact) mass is 285 g/mol. The van der Waals surface area contributed by atoms with Crippen molar-refractivity contribution in [1.82, 2.24) is 10.1 Å². The third-order valence-corrected chi connectivity index (χ3v) is 4.31. The van der Waals surface area contributed by atoms with Crippen molar-refractivity contribution in [3.8, 4) is 11.1 Å². The van der Waals surface area contributed by atoms with Crippen LogP contribution in [0, 0.1) is 12.8 Å². The second kappa shape index (κ2) is 6.31. The third-order valence-electron chi connectivity index (χ3n) is 4.31. The van der Waals surface area contributed by atoms with Gasteiger partial charge >= 0.3 is 0 Å². The fraction of sp³-hybridized carbons (Fsp3) is 0.471. The van der Waals surface area contributed by atoms with Gasteiger partial charge in [-0.15, -0.1) is 0 Å². The molecule has 1 aromatic carbocycles. The number of piperidine rings is 1. The molecule has 4 heteroatoms. The Morgan fingerprint density at radius 1 is 1.24 bits per heavy atom. The van der Waals surface area contributed by atoms with Gasteiger partial charge in [0.05, 0.1) is 11.3 Å². The van der Waals surface area contributed by atoms with Gasteiger partial charge in [-0.3, -0.25) is 0 Å². The van der Waals surface area contributed by atoms with Crippen molar-refractivity contribution in [3.63, 3.8) is 0 Å². The normalized spacial score (nSPS) is 17.0. The second-order valence-electron chi connectivity index (χ2n) is 5.97. The van der Waals surface area contributed by atoms with Crippen LogP contribution in [0.25, 0.3) is 11.1 Å². The number of benzene rings is 1. The summed E-state index contributed by atoms with van der Waals surface area (Å²) >= 11 is 0. The van der Waals surface area contributed by atoms with E-state index in [1.165, 1.54) is 25.9 Å². The van der Waals surface area contributed by atoms with E-state index in [9.17, 15) is 0 Å². The van der Waals surface area contributed by atoms with E-state index in [0.29, 0.717) is 0 Å². The smallest absolute Gasteiger partial charge is 0.232 e. The van der Waals surface area contributed by atoms with Gasteiger partial charge in [-0.1, -0.05) is 35.5 Å². The van der Waals surface area contributed by atoms with Crippen LogP contribution in [0.5, 0.6) is 0 Å². The number of likely N-dealkylation sites (tertiary alicyclic amines) is 1. The van der Waals surface area contributed by atoms with Gasteiger partial charge in [-0.2, -0.15) is 0 Å². The summed E-state index contributed by atoms with van der Waals surface area (Å²) in [6.45, 7) is 5.33. The minimum atomic E-state index is 0.718. The van der Waals surface area contributed by atoms with E-state index in [-0.39, 0.29) is 0 Å². The molecule has 2 heterocycles. The number of rotatable bonds is 4. The van der Waals surface area contributed by atoms with E-state index in [1.54, 1.807) is 0 Å². The highest BCUT2D eigenvalue weighted by Crippen LogP contribution is 2.31. The zero-order valence-corrected chi connectivity index (χ0v) is 12.8. The van der Waals surface area contributed by atoms with Crippen molar-refractivity contribution in [2.45, 2.75) is 19.8 Å². The fourth-order valence-electron chi connectivity index (χ4n) is 2.94. The molecule has 3 rings (SSSR count). The van der Waals surface area contributed by atoms with Crippen LogP contribution in [0.15, 0.2) is 34.9 Å². The molecule has 0 unspecified atom stereocenters. The predicted octanol–water partition coefficient (Wildman–Crippen LogP) is 3.40. The number of aryl methyl sites for hydroxylation is 1. The van der Waals surface area contributed by atoms with E-state index >= 15 is 0 Å². The van der Waals surface area contributed by atoms with Gasteiger partial charge in [0.25, 0.3) is 0 Å². The Bertz CT molecular complexity index is 571. The van der Waals surface area contributed by atoms with Gasteiger partial charge in [0.1, 0.15) is 0 Å². The molecule has 0 radical (unpaired) electrons. The Kier molecular flexibility index (Phi) is 4.25. The van der Waals surface area contributed by atoms with E-state index in [4.69, 9.17) is 4.52 Å². The molecule has 1 saturated heterocycles. The first kappa shape index (κ1) is 14.1. The molecule has 1 aliphatic rings. The summed E-state index contributed by atoms with van der Waals surface area (Å²) in [6.07, 6.45) is 2.49. The van der Waals surface area contributed by atoms with Crippen LogP contribution in [0.1, 0.15) is 18.5 Å². The van der Waals surface area contributed by atoms with Crippen LogP contribution in [0.3, 0.4) is 0 Å². The third kappa shape index (κ3) is 3.27. The van der Waals surface area contributed by atoms with Crippen molar-refractivity contribution in [3.05, 3.63) is 36.0 Å². The number of hydrogen-bond donors (Lipinski definition) is 1. The quantitative estimate of drug-likeness (QED) is 0.934. The summed E-state index contributed by atoms with van der Waals surface area (Å²) in [4.78, 5) is 2.39. The van der Waals surface area contributed by atoms with Gasteiger partial charge in [0, 0.05) is 6.54 Å². The van der Waals surface area contributed by atoms with Crippen LogP contribution in [-0.2, 0) is 0 Å². The largest absolute Gasteiger partial charge is 0.353 e. The Morgan fingerprint density at radius 2 is 1.95 bits per heavy atom. The Morgan fingerprint density at radius 3 is 2.67 bits per heavy atom. The van der Waals surface area contributed by atoms with Crippen LogP contribution >= 0.6 is 0 Å². The highest BCUT2D eigenvalue weighted by Gasteiger charge is 2.19. The standard InChI is InChI=1S/C17H23N3O/c1-13-16(15-6-4-3-5-7-15)17(21-19-13)18-12-14-8-10-20(2)11-9-14/h3-7,14,18H,8-12H2,1-2H3. The van der Waals surface area contributed by atoms with E-state index in [2.05, 4.69) is 34.6 Å². The van der Waals surface area contributed by atoms with Crippen molar-refractivity contribution in [2.24, 2.45) is 5.92 Å². The summed E-state index contributed by atoms with van der Waals surface area (Å²) < 4.78 is 5.49. The highest BCUT2D eigenvalue weighted by molar-refractivity contribution is 5.76. The molecule has 0 saturated carbocycles. The highest BCUT2D eigenvalue weighted by atomic mass is 16.5. The van der Waals surface area contributed by atoms with Gasteiger partial charge in [0.2, 0.25) is 5.88 Å². The zero-order valence-electron chi connectivity index (χ0n) is 12.8. The molecule has 1 aliphatic heterocycles. The zero-order chi connectivity index (χ0) is 14.7. The Labute approximate surface area is 126 Å². The summed E-state index contributed by atoms with van der Waals surface area (Å²) in [6, 6.07) is 10.3. The lowest BCUT2D eigenvalue weighted by atomic mass is 9.97. The number of aromatic nitrogens is 1. The molecule has 112 valence electrons. The van der Waals surface area contributed by atoms with E-state index < -0.39 is 0 Å². The molecular formula is C17H23N3O. The number of nitrogens with one attached hydrogen (secondary N) is 1. The lowest BCUT2D eigenvalue weighted by Crippen LogP contribution is -2.32. The van der Waals surface area contributed by atoms with Gasteiger partial charge in [0.15, 0.2) is 0 Å². The summed E-state index contributed by atoms with van der Waals surface area (Å²) in [5.74, 6) is 1.52. The predicted molar refractivity (Wildman–Crippen MR) is 85.4 cm³/mol. The molecule has 21 heavy (non-hydrogen) atoms. The minimum absolute atomic E-state index is 0.718. The maximum Gasteiger partial charge on any atom is 0.232 e.